The normalized spacial score (nSPS) is 13.3. The third kappa shape index (κ3) is 4.05. The van der Waals surface area contributed by atoms with Gasteiger partial charge in [0.2, 0.25) is 0 Å². The Hall–Kier alpha value is -1.53. The molecule has 0 aliphatic carbocycles. The van der Waals surface area contributed by atoms with E-state index in [1.807, 2.05) is 0 Å². The summed E-state index contributed by atoms with van der Waals surface area (Å²) in [6.45, 7) is 4.93. The molecule has 1 unspecified atom stereocenters. The van der Waals surface area contributed by atoms with Gasteiger partial charge >= 0.3 is 6.18 Å². The zero-order chi connectivity index (χ0) is 13.9. The van der Waals surface area contributed by atoms with Crippen molar-refractivity contribution in [1.29, 1.82) is 0 Å². The minimum atomic E-state index is -4.19. The number of halogens is 3. The van der Waals surface area contributed by atoms with E-state index in [9.17, 15) is 13.2 Å². The summed E-state index contributed by atoms with van der Waals surface area (Å²) >= 11 is 0. The summed E-state index contributed by atoms with van der Waals surface area (Å²) < 4.78 is 36.7. The molecule has 4 nitrogen and oxygen atoms in total. The largest absolute Gasteiger partial charge is 0.391 e. The van der Waals surface area contributed by atoms with E-state index in [2.05, 4.69) is 20.6 Å². The number of nitrogens with one attached hydrogen (secondary N) is 2. The van der Waals surface area contributed by atoms with Crippen LogP contribution in [0.25, 0.3) is 0 Å². The molecule has 0 fully saturated rings. The molecule has 102 valence electrons. The maximum Gasteiger partial charge on any atom is 0.391 e. The zero-order valence-electron chi connectivity index (χ0n) is 10.8. The first kappa shape index (κ1) is 14.5. The SMILES string of the molecule is CNc1nc(C)nc(NC(C)CC(F)(F)F)c1C. The Morgan fingerprint density at radius 1 is 1.17 bits per heavy atom. The van der Waals surface area contributed by atoms with Gasteiger partial charge in [0.25, 0.3) is 0 Å². The third-order valence-electron chi connectivity index (χ3n) is 2.42. The number of alkyl halides is 3. The fourth-order valence-electron chi connectivity index (χ4n) is 1.64. The van der Waals surface area contributed by atoms with Crippen molar-refractivity contribution in [2.75, 3.05) is 17.7 Å². The molecule has 1 aromatic heterocycles. The lowest BCUT2D eigenvalue weighted by molar-refractivity contribution is -0.136. The molecule has 0 radical (unpaired) electrons. The van der Waals surface area contributed by atoms with Crippen LogP contribution in [0.2, 0.25) is 0 Å². The summed E-state index contributed by atoms with van der Waals surface area (Å²) in [6, 6.07) is -0.734. The second kappa shape index (κ2) is 5.41. The molecule has 1 atom stereocenters. The van der Waals surface area contributed by atoms with Gasteiger partial charge in [-0.1, -0.05) is 0 Å². The van der Waals surface area contributed by atoms with E-state index in [1.54, 1.807) is 20.9 Å². The Morgan fingerprint density at radius 2 is 1.72 bits per heavy atom. The highest BCUT2D eigenvalue weighted by Gasteiger charge is 2.30. The van der Waals surface area contributed by atoms with Crippen molar-refractivity contribution in [3.63, 3.8) is 0 Å². The van der Waals surface area contributed by atoms with Crippen LogP contribution in [-0.2, 0) is 0 Å². The monoisotopic (exact) mass is 262 g/mol. The molecule has 0 aliphatic heterocycles. The van der Waals surface area contributed by atoms with Crippen molar-refractivity contribution in [2.45, 2.75) is 39.4 Å². The van der Waals surface area contributed by atoms with Gasteiger partial charge in [0.1, 0.15) is 17.5 Å². The van der Waals surface area contributed by atoms with Gasteiger partial charge in [0.05, 0.1) is 6.42 Å². The van der Waals surface area contributed by atoms with E-state index in [4.69, 9.17) is 0 Å². The average Bonchev–Trinajstić information content (AvgIpc) is 2.20. The van der Waals surface area contributed by atoms with Gasteiger partial charge in [-0.15, -0.1) is 0 Å². The number of rotatable bonds is 4. The van der Waals surface area contributed by atoms with Crippen LogP contribution in [0.15, 0.2) is 0 Å². The number of aryl methyl sites for hydroxylation is 1. The van der Waals surface area contributed by atoms with Gasteiger partial charge < -0.3 is 10.6 Å². The second-order valence-corrected chi connectivity index (χ2v) is 4.21. The molecule has 2 N–H and O–H groups in total. The highest BCUT2D eigenvalue weighted by molar-refractivity contribution is 5.57. The smallest absolute Gasteiger partial charge is 0.373 e. The lowest BCUT2D eigenvalue weighted by atomic mass is 10.2. The molecule has 1 rings (SSSR count). The number of anilines is 2. The van der Waals surface area contributed by atoms with Gasteiger partial charge in [-0.3, -0.25) is 0 Å². The summed E-state index contributed by atoms with van der Waals surface area (Å²) in [6.07, 6.45) is -5.08. The highest BCUT2D eigenvalue weighted by atomic mass is 19.4. The van der Waals surface area contributed by atoms with Crippen molar-refractivity contribution >= 4 is 11.6 Å². The minimum Gasteiger partial charge on any atom is -0.373 e. The van der Waals surface area contributed by atoms with Crippen LogP contribution in [0.5, 0.6) is 0 Å². The van der Waals surface area contributed by atoms with Crippen LogP contribution in [0.3, 0.4) is 0 Å². The van der Waals surface area contributed by atoms with Crippen LogP contribution in [0.4, 0.5) is 24.8 Å². The zero-order valence-corrected chi connectivity index (χ0v) is 10.8. The first-order valence-corrected chi connectivity index (χ1v) is 5.59. The van der Waals surface area contributed by atoms with Gasteiger partial charge in [0.15, 0.2) is 0 Å². The molecule has 1 aromatic rings. The van der Waals surface area contributed by atoms with Gasteiger partial charge in [-0.05, 0) is 20.8 Å². The standard InChI is InChI=1S/C11H17F3N4/c1-6(5-11(12,13)14)16-10-7(2)9(15-4)17-8(3)18-10/h6H,5H2,1-4H3,(H2,15,16,17,18). The van der Waals surface area contributed by atoms with Crippen molar-refractivity contribution in [3.8, 4) is 0 Å². The number of aromatic nitrogens is 2. The predicted molar refractivity (Wildman–Crippen MR) is 64.8 cm³/mol. The van der Waals surface area contributed by atoms with Crippen molar-refractivity contribution in [3.05, 3.63) is 11.4 Å². The molecule has 0 aromatic carbocycles. The summed E-state index contributed by atoms with van der Waals surface area (Å²) in [5.74, 6) is 1.56. The molecule has 0 aliphatic rings. The lowest BCUT2D eigenvalue weighted by Gasteiger charge is -2.19. The van der Waals surface area contributed by atoms with E-state index in [0.717, 1.165) is 0 Å². The van der Waals surface area contributed by atoms with Crippen LogP contribution >= 0.6 is 0 Å². The molecule has 18 heavy (non-hydrogen) atoms. The van der Waals surface area contributed by atoms with Gasteiger partial charge in [0, 0.05) is 18.7 Å². The Kier molecular flexibility index (Phi) is 4.37. The van der Waals surface area contributed by atoms with Crippen LogP contribution < -0.4 is 10.6 Å². The summed E-state index contributed by atoms with van der Waals surface area (Å²) in [4.78, 5) is 8.27. The summed E-state index contributed by atoms with van der Waals surface area (Å²) in [7, 11) is 1.71. The Morgan fingerprint density at radius 3 is 2.22 bits per heavy atom. The lowest BCUT2D eigenvalue weighted by Crippen LogP contribution is -2.25. The maximum absolute atomic E-state index is 12.2. The third-order valence-corrected chi connectivity index (χ3v) is 2.42. The molecule has 0 amide bonds. The number of hydrogen-bond acceptors (Lipinski definition) is 4. The van der Waals surface area contributed by atoms with Crippen molar-refractivity contribution in [1.82, 2.24) is 9.97 Å². The van der Waals surface area contributed by atoms with E-state index in [0.29, 0.717) is 23.0 Å². The second-order valence-electron chi connectivity index (χ2n) is 4.21. The Bertz CT molecular complexity index is 417. The minimum absolute atomic E-state index is 0.434. The molecule has 0 saturated carbocycles. The molecule has 1 heterocycles. The fourth-order valence-corrected chi connectivity index (χ4v) is 1.64. The number of hydrogen-bond donors (Lipinski definition) is 2. The molecule has 7 heteroatoms. The average molecular weight is 262 g/mol. The fraction of sp³-hybridized carbons (Fsp3) is 0.636. The predicted octanol–water partition coefficient (Wildman–Crippen LogP) is 2.89. The topological polar surface area (TPSA) is 49.8 Å². The van der Waals surface area contributed by atoms with Crippen LogP contribution in [-0.4, -0.2) is 29.2 Å². The van der Waals surface area contributed by atoms with Crippen molar-refractivity contribution < 1.29 is 13.2 Å². The molecular formula is C11H17F3N4. The van der Waals surface area contributed by atoms with Crippen LogP contribution in [0.1, 0.15) is 24.7 Å². The molecule has 0 spiro atoms. The van der Waals surface area contributed by atoms with Gasteiger partial charge in [-0.2, -0.15) is 13.2 Å². The van der Waals surface area contributed by atoms with E-state index in [-0.39, 0.29) is 0 Å². The van der Waals surface area contributed by atoms with E-state index < -0.39 is 18.6 Å². The van der Waals surface area contributed by atoms with Crippen molar-refractivity contribution in [2.24, 2.45) is 0 Å². The first-order valence-electron chi connectivity index (χ1n) is 5.59. The molecule has 0 saturated heterocycles. The first-order chi connectivity index (χ1) is 8.23. The number of nitrogens with zero attached hydrogens (tertiary/aromatic N) is 2. The maximum atomic E-state index is 12.2. The molecule has 0 bridgehead atoms. The summed E-state index contributed by atoms with van der Waals surface area (Å²) in [5.41, 5.74) is 0.706. The molecular weight excluding hydrogens is 245 g/mol. The Labute approximate surface area is 104 Å². The van der Waals surface area contributed by atoms with Crippen LogP contribution in [0, 0.1) is 13.8 Å². The summed E-state index contributed by atoms with van der Waals surface area (Å²) in [5, 5.41) is 5.66. The quantitative estimate of drug-likeness (QED) is 0.876. The highest BCUT2D eigenvalue weighted by Crippen LogP contribution is 2.25. The Balaban J connectivity index is 2.87. The van der Waals surface area contributed by atoms with E-state index in [1.165, 1.54) is 6.92 Å². The van der Waals surface area contributed by atoms with E-state index >= 15 is 0 Å². The van der Waals surface area contributed by atoms with Gasteiger partial charge in [-0.25, -0.2) is 9.97 Å².